The minimum Gasteiger partial charge on any atom is -0.496 e. The van der Waals surface area contributed by atoms with E-state index in [0.29, 0.717) is 37.6 Å². The van der Waals surface area contributed by atoms with E-state index < -0.39 is 5.79 Å². The normalized spacial score (nSPS) is 22.7. The molecule has 2 aliphatic rings. The number of methoxy groups -OCH3 is 1. The quantitative estimate of drug-likeness (QED) is 0.835. The molecule has 0 aliphatic carbocycles. The fourth-order valence-electron chi connectivity index (χ4n) is 2.82. The molecule has 5 nitrogen and oxygen atoms in total. The molecule has 0 N–H and O–H groups in total. The van der Waals surface area contributed by atoms with Gasteiger partial charge in [0.1, 0.15) is 5.75 Å². The van der Waals surface area contributed by atoms with Gasteiger partial charge in [-0.1, -0.05) is 12.1 Å². The summed E-state index contributed by atoms with van der Waals surface area (Å²) in [5, 5.41) is 0. The molecule has 3 rings (SSSR count). The zero-order chi connectivity index (χ0) is 15.1. The van der Waals surface area contributed by atoms with Crippen LogP contribution in [-0.2, 0) is 9.47 Å². The SMILES string of the molecule is COc1ccccc1C(=O)N1CC2(COC(C)(C)OC2)C1. The van der Waals surface area contributed by atoms with Crippen molar-refractivity contribution in [1.82, 2.24) is 4.90 Å². The molecule has 1 aromatic carbocycles. The predicted octanol–water partition coefficient (Wildman–Crippen LogP) is 1.92. The van der Waals surface area contributed by atoms with Crippen LogP contribution in [-0.4, -0.2) is 50.0 Å². The van der Waals surface area contributed by atoms with Gasteiger partial charge in [-0.05, 0) is 26.0 Å². The van der Waals surface area contributed by atoms with Gasteiger partial charge >= 0.3 is 0 Å². The zero-order valence-electron chi connectivity index (χ0n) is 12.7. The Hall–Kier alpha value is -1.59. The second-order valence-corrected chi connectivity index (χ2v) is 6.34. The molecule has 114 valence electrons. The summed E-state index contributed by atoms with van der Waals surface area (Å²) in [6, 6.07) is 7.31. The van der Waals surface area contributed by atoms with Gasteiger partial charge in [0.25, 0.3) is 5.91 Å². The highest BCUT2D eigenvalue weighted by Gasteiger charge is 2.50. The molecular formula is C16H21NO4. The summed E-state index contributed by atoms with van der Waals surface area (Å²) in [5.74, 6) is 0.0989. The Morgan fingerprint density at radius 3 is 2.43 bits per heavy atom. The summed E-state index contributed by atoms with van der Waals surface area (Å²) in [4.78, 5) is 14.3. The van der Waals surface area contributed by atoms with Crippen LogP contribution in [0, 0.1) is 5.41 Å². The molecule has 1 spiro atoms. The summed E-state index contributed by atoms with van der Waals surface area (Å²) in [6.07, 6.45) is 0. The van der Waals surface area contributed by atoms with E-state index in [9.17, 15) is 4.79 Å². The second-order valence-electron chi connectivity index (χ2n) is 6.34. The standard InChI is InChI=1S/C16H21NO4/c1-15(2)20-10-16(11-21-15)8-17(9-16)14(18)12-6-4-5-7-13(12)19-3/h4-7H,8-11H2,1-3H3. The van der Waals surface area contributed by atoms with Crippen LogP contribution >= 0.6 is 0 Å². The Bertz CT molecular complexity index is 537. The molecule has 2 heterocycles. The van der Waals surface area contributed by atoms with Crippen LogP contribution in [0.3, 0.4) is 0 Å². The monoisotopic (exact) mass is 291 g/mol. The highest BCUT2D eigenvalue weighted by Crippen LogP contribution is 2.38. The van der Waals surface area contributed by atoms with Crippen LogP contribution in [0.25, 0.3) is 0 Å². The summed E-state index contributed by atoms with van der Waals surface area (Å²) in [6.45, 7) is 6.43. The molecule has 5 heteroatoms. The summed E-state index contributed by atoms with van der Waals surface area (Å²) >= 11 is 0. The molecule has 1 aromatic rings. The average Bonchev–Trinajstić information content (AvgIpc) is 2.45. The van der Waals surface area contributed by atoms with Crippen molar-refractivity contribution < 1.29 is 19.0 Å². The van der Waals surface area contributed by atoms with Gasteiger partial charge in [0, 0.05) is 13.1 Å². The molecule has 0 aromatic heterocycles. The van der Waals surface area contributed by atoms with E-state index in [4.69, 9.17) is 14.2 Å². The molecule has 1 amide bonds. The highest BCUT2D eigenvalue weighted by atomic mass is 16.7. The number of benzene rings is 1. The van der Waals surface area contributed by atoms with Gasteiger partial charge in [0.15, 0.2) is 5.79 Å². The number of hydrogen-bond acceptors (Lipinski definition) is 4. The Morgan fingerprint density at radius 1 is 1.19 bits per heavy atom. The van der Waals surface area contributed by atoms with E-state index in [1.165, 1.54) is 0 Å². The third kappa shape index (κ3) is 2.63. The maximum Gasteiger partial charge on any atom is 0.257 e. The predicted molar refractivity (Wildman–Crippen MR) is 77.3 cm³/mol. The van der Waals surface area contributed by atoms with Crippen LogP contribution in [0.4, 0.5) is 0 Å². The molecule has 0 atom stereocenters. The van der Waals surface area contributed by atoms with Crippen molar-refractivity contribution in [1.29, 1.82) is 0 Å². The molecule has 0 unspecified atom stereocenters. The lowest BCUT2D eigenvalue weighted by Gasteiger charge is -2.54. The number of likely N-dealkylation sites (tertiary alicyclic amines) is 1. The lowest BCUT2D eigenvalue weighted by atomic mass is 9.80. The van der Waals surface area contributed by atoms with Crippen LogP contribution in [0.2, 0.25) is 0 Å². The van der Waals surface area contributed by atoms with Crippen molar-refractivity contribution in [2.24, 2.45) is 5.41 Å². The number of carbonyl (C=O) groups is 1. The van der Waals surface area contributed by atoms with Gasteiger partial charge in [-0.25, -0.2) is 0 Å². The van der Waals surface area contributed by atoms with Gasteiger partial charge in [0.05, 0.1) is 31.3 Å². The Morgan fingerprint density at radius 2 is 1.81 bits per heavy atom. The summed E-state index contributed by atoms with van der Waals surface area (Å²) < 4.78 is 16.7. The maximum atomic E-state index is 12.5. The first-order valence-electron chi connectivity index (χ1n) is 7.15. The zero-order valence-corrected chi connectivity index (χ0v) is 12.7. The fraction of sp³-hybridized carbons (Fsp3) is 0.562. The van der Waals surface area contributed by atoms with Gasteiger partial charge in [-0.15, -0.1) is 0 Å². The van der Waals surface area contributed by atoms with Crippen molar-refractivity contribution in [2.45, 2.75) is 19.6 Å². The molecule has 2 aliphatic heterocycles. The van der Waals surface area contributed by atoms with E-state index in [1.807, 2.05) is 30.9 Å². The van der Waals surface area contributed by atoms with Gasteiger partial charge in [-0.2, -0.15) is 0 Å². The van der Waals surface area contributed by atoms with Crippen LogP contribution in [0.1, 0.15) is 24.2 Å². The number of ether oxygens (including phenoxy) is 3. The van der Waals surface area contributed by atoms with Crippen molar-refractivity contribution in [2.75, 3.05) is 33.4 Å². The third-order valence-electron chi connectivity index (χ3n) is 4.13. The van der Waals surface area contributed by atoms with Gasteiger partial charge in [0.2, 0.25) is 0 Å². The number of carbonyl (C=O) groups excluding carboxylic acids is 1. The number of hydrogen-bond donors (Lipinski definition) is 0. The molecule has 0 radical (unpaired) electrons. The van der Waals surface area contributed by atoms with Crippen molar-refractivity contribution in [3.05, 3.63) is 29.8 Å². The van der Waals surface area contributed by atoms with Crippen LogP contribution in [0.15, 0.2) is 24.3 Å². The van der Waals surface area contributed by atoms with Crippen molar-refractivity contribution >= 4 is 5.91 Å². The highest BCUT2D eigenvalue weighted by molar-refractivity contribution is 5.97. The minimum atomic E-state index is -0.516. The fourth-order valence-corrected chi connectivity index (χ4v) is 2.82. The number of amides is 1. The number of nitrogens with zero attached hydrogens (tertiary/aromatic N) is 1. The smallest absolute Gasteiger partial charge is 0.257 e. The minimum absolute atomic E-state index is 0.00269. The molecule has 21 heavy (non-hydrogen) atoms. The Kier molecular flexibility index (Phi) is 3.42. The van der Waals surface area contributed by atoms with Crippen molar-refractivity contribution in [3.8, 4) is 5.75 Å². The second kappa shape index (κ2) is 5.00. The number of rotatable bonds is 2. The van der Waals surface area contributed by atoms with Crippen LogP contribution < -0.4 is 4.74 Å². The van der Waals surface area contributed by atoms with E-state index >= 15 is 0 Å². The maximum absolute atomic E-state index is 12.5. The molecule has 0 saturated carbocycles. The summed E-state index contributed by atoms with van der Waals surface area (Å²) in [7, 11) is 1.58. The molecule has 2 saturated heterocycles. The molecular weight excluding hydrogens is 270 g/mol. The summed E-state index contributed by atoms with van der Waals surface area (Å²) in [5.41, 5.74) is 0.556. The lowest BCUT2D eigenvalue weighted by molar-refractivity contribution is -0.301. The van der Waals surface area contributed by atoms with Gasteiger partial charge < -0.3 is 19.1 Å². The van der Waals surface area contributed by atoms with E-state index in [-0.39, 0.29) is 11.3 Å². The van der Waals surface area contributed by atoms with E-state index in [1.54, 1.807) is 19.2 Å². The Labute approximate surface area is 124 Å². The first-order chi connectivity index (χ1) is 9.95. The first-order valence-corrected chi connectivity index (χ1v) is 7.15. The average molecular weight is 291 g/mol. The molecule has 0 bridgehead atoms. The largest absolute Gasteiger partial charge is 0.496 e. The van der Waals surface area contributed by atoms with E-state index in [2.05, 4.69) is 0 Å². The Balaban J connectivity index is 1.65. The molecule has 2 fully saturated rings. The van der Waals surface area contributed by atoms with Gasteiger partial charge in [-0.3, -0.25) is 4.79 Å². The lowest BCUT2D eigenvalue weighted by Crippen LogP contribution is -2.65. The van der Waals surface area contributed by atoms with Crippen molar-refractivity contribution in [3.63, 3.8) is 0 Å². The van der Waals surface area contributed by atoms with Crippen LogP contribution in [0.5, 0.6) is 5.75 Å². The third-order valence-corrected chi connectivity index (χ3v) is 4.13. The number of para-hydroxylation sites is 1. The first kappa shape index (κ1) is 14.4. The topological polar surface area (TPSA) is 48.0 Å². The van der Waals surface area contributed by atoms with E-state index in [0.717, 1.165) is 0 Å².